The molecule has 0 aliphatic carbocycles. The van der Waals surface area contributed by atoms with E-state index in [1.165, 1.54) is 6.39 Å². The van der Waals surface area contributed by atoms with Crippen LogP contribution in [-0.2, 0) is 4.79 Å². The second-order valence-electron chi connectivity index (χ2n) is 4.58. The van der Waals surface area contributed by atoms with Crippen molar-refractivity contribution in [1.29, 1.82) is 0 Å². The summed E-state index contributed by atoms with van der Waals surface area (Å²) >= 11 is 0. The fourth-order valence-electron chi connectivity index (χ4n) is 1.56. The van der Waals surface area contributed by atoms with Crippen LogP contribution >= 0.6 is 0 Å². The number of amides is 1. The monoisotopic (exact) mass is 260 g/mol. The molecule has 2 rings (SSSR count). The van der Waals surface area contributed by atoms with Crippen molar-refractivity contribution in [1.82, 2.24) is 10.2 Å². The van der Waals surface area contributed by atoms with Gasteiger partial charge in [0.1, 0.15) is 0 Å². The number of nitrogens with zero attached hydrogens (tertiary/aromatic N) is 2. The van der Waals surface area contributed by atoms with Crippen LogP contribution in [0.25, 0.3) is 11.5 Å². The Kier molecular flexibility index (Phi) is 3.91. The summed E-state index contributed by atoms with van der Waals surface area (Å²) < 4.78 is 5.11. The first-order chi connectivity index (χ1) is 9.08. The van der Waals surface area contributed by atoms with Gasteiger partial charge >= 0.3 is 0 Å². The number of nitrogens with two attached hydrogens (primary N) is 1. The van der Waals surface area contributed by atoms with E-state index in [-0.39, 0.29) is 11.8 Å². The van der Waals surface area contributed by atoms with E-state index in [1.54, 1.807) is 18.2 Å². The van der Waals surface area contributed by atoms with Gasteiger partial charge in [0.2, 0.25) is 18.2 Å². The minimum Gasteiger partial charge on any atom is -0.423 e. The normalized spacial score (nSPS) is 12.4. The SMILES string of the molecule is CC(C)[C@@H](N)C(=O)Nc1cccc(-c2nnco2)c1. The number of aromatic nitrogens is 2. The van der Waals surface area contributed by atoms with Crippen molar-refractivity contribution < 1.29 is 9.21 Å². The van der Waals surface area contributed by atoms with Gasteiger partial charge < -0.3 is 15.5 Å². The van der Waals surface area contributed by atoms with Gasteiger partial charge in [0, 0.05) is 11.3 Å². The predicted octanol–water partition coefficient (Wildman–Crippen LogP) is 1.66. The van der Waals surface area contributed by atoms with Crippen molar-refractivity contribution in [2.45, 2.75) is 19.9 Å². The zero-order chi connectivity index (χ0) is 13.8. The fraction of sp³-hybridized carbons (Fsp3) is 0.308. The molecule has 0 radical (unpaired) electrons. The summed E-state index contributed by atoms with van der Waals surface area (Å²) in [6.07, 6.45) is 1.26. The number of carbonyl (C=O) groups excluding carboxylic acids is 1. The lowest BCUT2D eigenvalue weighted by Gasteiger charge is -2.15. The zero-order valence-corrected chi connectivity index (χ0v) is 10.8. The Morgan fingerprint density at radius 2 is 2.21 bits per heavy atom. The van der Waals surface area contributed by atoms with Gasteiger partial charge in [-0.25, -0.2) is 0 Å². The van der Waals surface area contributed by atoms with Gasteiger partial charge in [0.05, 0.1) is 6.04 Å². The standard InChI is InChI=1S/C13H16N4O2/c1-8(2)11(14)12(18)16-10-5-3-4-9(6-10)13-17-15-7-19-13/h3-8,11H,14H2,1-2H3,(H,16,18)/t11-/m1/s1. The summed E-state index contributed by atoms with van der Waals surface area (Å²) in [6.45, 7) is 3.80. The zero-order valence-electron chi connectivity index (χ0n) is 10.8. The van der Waals surface area contributed by atoms with E-state index in [0.29, 0.717) is 11.6 Å². The molecule has 0 bridgehead atoms. The number of carbonyl (C=O) groups is 1. The van der Waals surface area contributed by atoms with E-state index in [0.717, 1.165) is 5.56 Å². The molecule has 3 N–H and O–H groups in total. The highest BCUT2D eigenvalue weighted by Gasteiger charge is 2.17. The van der Waals surface area contributed by atoms with Crippen LogP contribution < -0.4 is 11.1 Å². The molecular weight excluding hydrogens is 244 g/mol. The van der Waals surface area contributed by atoms with Gasteiger partial charge in [-0.2, -0.15) is 0 Å². The summed E-state index contributed by atoms with van der Waals surface area (Å²) in [6, 6.07) is 6.64. The molecule has 19 heavy (non-hydrogen) atoms. The summed E-state index contributed by atoms with van der Waals surface area (Å²) in [5.74, 6) is 0.279. The molecule has 0 fully saturated rings. The average Bonchev–Trinajstić information content (AvgIpc) is 2.91. The van der Waals surface area contributed by atoms with Crippen LogP contribution in [0.5, 0.6) is 0 Å². The highest BCUT2D eigenvalue weighted by molar-refractivity contribution is 5.95. The first-order valence-corrected chi connectivity index (χ1v) is 6.01. The van der Waals surface area contributed by atoms with Crippen molar-refractivity contribution in [2.24, 2.45) is 11.7 Å². The predicted molar refractivity (Wildman–Crippen MR) is 71.2 cm³/mol. The van der Waals surface area contributed by atoms with Gasteiger partial charge in [-0.1, -0.05) is 19.9 Å². The van der Waals surface area contributed by atoms with Crippen molar-refractivity contribution in [3.63, 3.8) is 0 Å². The molecule has 6 nitrogen and oxygen atoms in total. The molecule has 1 aromatic heterocycles. The molecule has 1 heterocycles. The Morgan fingerprint density at radius 3 is 2.84 bits per heavy atom. The van der Waals surface area contributed by atoms with Crippen LogP contribution in [0.1, 0.15) is 13.8 Å². The van der Waals surface area contributed by atoms with E-state index in [9.17, 15) is 4.79 Å². The number of rotatable bonds is 4. The van der Waals surface area contributed by atoms with Crippen LogP contribution in [0.15, 0.2) is 35.1 Å². The average molecular weight is 260 g/mol. The minimum atomic E-state index is -0.535. The Labute approximate surface area is 111 Å². The number of hydrogen-bond acceptors (Lipinski definition) is 5. The van der Waals surface area contributed by atoms with Gasteiger partial charge in [0.15, 0.2) is 0 Å². The largest absolute Gasteiger partial charge is 0.423 e. The quantitative estimate of drug-likeness (QED) is 0.871. The van der Waals surface area contributed by atoms with Gasteiger partial charge in [-0.05, 0) is 24.1 Å². The molecule has 6 heteroatoms. The highest BCUT2D eigenvalue weighted by atomic mass is 16.4. The summed E-state index contributed by atoms with van der Waals surface area (Å²) in [4.78, 5) is 11.9. The number of benzene rings is 1. The van der Waals surface area contributed by atoms with E-state index >= 15 is 0 Å². The Bertz CT molecular complexity index is 552. The third kappa shape index (κ3) is 3.17. The third-order valence-electron chi connectivity index (χ3n) is 2.76. The Morgan fingerprint density at radius 1 is 1.42 bits per heavy atom. The van der Waals surface area contributed by atoms with Crippen molar-refractivity contribution in [3.05, 3.63) is 30.7 Å². The molecule has 0 aliphatic rings. The van der Waals surface area contributed by atoms with Crippen LogP contribution in [0.3, 0.4) is 0 Å². The lowest BCUT2D eigenvalue weighted by molar-refractivity contribution is -0.118. The molecule has 0 spiro atoms. The molecule has 0 unspecified atom stereocenters. The smallest absolute Gasteiger partial charge is 0.247 e. The topological polar surface area (TPSA) is 94.0 Å². The number of nitrogens with one attached hydrogen (secondary N) is 1. The van der Waals surface area contributed by atoms with Crippen LogP contribution in [0, 0.1) is 5.92 Å². The van der Waals surface area contributed by atoms with Crippen molar-refractivity contribution >= 4 is 11.6 Å². The maximum atomic E-state index is 11.9. The first-order valence-electron chi connectivity index (χ1n) is 6.01. The van der Waals surface area contributed by atoms with Crippen LogP contribution in [0.2, 0.25) is 0 Å². The fourth-order valence-corrected chi connectivity index (χ4v) is 1.56. The second-order valence-corrected chi connectivity index (χ2v) is 4.58. The van der Waals surface area contributed by atoms with Gasteiger partial charge in [-0.3, -0.25) is 4.79 Å². The van der Waals surface area contributed by atoms with Crippen molar-refractivity contribution in [2.75, 3.05) is 5.32 Å². The molecule has 0 saturated heterocycles. The molecule has 100 valence electrons. The van der Waals surface area contributed by atoms with Crippen molar-refractivity contribution in [3.8, 4) is 11.5 Å². The molecular formula is C13H16N4O2. The Hall–Kier alpha value is -2.21. The van der Waals surface area contributed by atoms with E-state index < -0.39 is 6.04 Å². The van der Waals surface area contributed by atoms with E-state index in [4.69, 9.17) is 10.2 Å². The van der Waals surface area contributed by atoms with Gasteiger partial charge in [-0.15, -0.1) is 10.2 Å². The van der Waals surface area contributed by atoms with Gasteiger partial charge in [0.25, 0.3) is 0 Å². The highest BCUT2D eigenvalue weighted by Crippen LogP contribution is 2.20. The second kappa shape index (κ2) is 5.62. The molecule has 2 aromatic rings. The molecule has 0 saturated carbocycles. The maximum Gasteiger partial charge on any atom is 0.247 e. The minimum absolute atomic E-state index is 0.0825. The van der Waals surface area contributed by atoms with Crippen LogP contribution in [0.4, 0.5) is 5.69 Å². The summed E-state index contributed by atoms with van der Waals surface area (Å²) in [5.41, 5.74) is 7.18. The molecule has 1 amide bonds. The maximum absolute atomic E-state index is 11.9. The summed E-state index contributed by atoms with van der Waals surface area (Å²) in [5, 5.41) is 10.2. The van der Waals surface area contributed by atoms with Crippen LogP contribution in [-0.4, -0.2) is 22.1 Å². The Balaban J connectivity index is 2.14. The molecule has 1 aromatic carbocycles. The summed E-state index contributed by atoms with van der Waals surface area (Å²) in [7, 11) is 0. The number of anilines is 1. The van der Waals surface area contributed by atoms with E-state index in [2.05, 4.69) is 15.5 Å². The molecule has 1 atom stereocenters. The number of hydrogen-bond donors (Lipinski definition) is 2. The lowest BCUT2D eigenvalue weighted by atomic mass is 10.0. The molecule has 0 aliphatic heterocycles. The lowest BCUT2D eigenvalue weighted by Crippen LogP contribution is -2.39. The van der Waals surface area contributed by atoms with E-state index in [1.807, 2.05) is 19.9 Å². The first kappa shape index (κ1) is 13.2. The third-order valence-corrected chi connectivity index (χ3v) is 2.76.